The summed E-state index contributed by atoms with van der Waals surface area (Å²) < 4.78 is 37.2. The third kappa shape index (κ3) is 4.49. The third-order valence-corrected chi connectivity index (χ3v) is 2.74. The first-order valence-corrected chi connectivity index (χ1v) is 5.98. The van der Waals surface area contributed by atoms with Crippen molar-refractivity contribution in [2.24, 2.45) is 0 Å². The Hall–Kier alpha value is -2.53. The van der Waals surface area contributed by atoms with E-state index in [1.54, 1.807) is 0 Å². The van der Waals surface area contributed by atoms with Gasteiger partial charge in [0.1, 0.15) is 6.04 Å². The Labute approximate surface area is 123 Å². The molecule has 1 amide bonds. The fraction of sp³-hybridized carbons (Fsp3) is 0.286. The Morgan fingerprint density at radius 1 is 1.27 bits per heavy atom. The second-order valence-corrected chi connectivity index (χ2v) is 4.33. The summed E-state index contributed by atoms with van der Waals surface area (Å²) in [5.74, 6) is -0.396. The standard InChI is InChI=1S/C14H12F3NO4/c1-2-3-10(13(21)22)18-12(20)11(19)8-4-6-9(7-5-8)14(15,16)17/h1,4-7,10-11,19H,3H2,(H,18,20)(H,21,22)/t10-,11+/m0/s1. The van der Waals surface area contributed by atoms with E-state index in [0.29, 0.717) is 12.1 Å². The van der Waals surface area contributed by atoms with E-state index in [9.17, 15) is 27.9 Å². The number of carboxylic acids is 1. The molecule has 1 aromatic rings. The number of aliphatic hydroxyl groups excluding tert-OH is 1. The number of halogens is 3. The molecule has 5 nitrogen and oxygen atoms in total. The van der Waals surface area contributed by atoms with Crippen LogP contribution < -0.4 is 5.32 Å². The molecule has 118 valence electrons. The molecule has 0 bridgehead atoms. The van der Waals surface area contributed by atoms with E-state index in [0.717, 1.165) is 12.1 Å². The Morgan fingerprint density at radius 2 is 1.82 bits per heavy atom. The number of rotatable bonds is 5. The lowest BCUT2D eigenvalue weighted by atomic mass is 10.1. The van der Waals surface area contributed by atoms with Crippen LogP contribution in [0.15, 0.2) is 24.3 Å². The average Bonchev–Trinajstić information content (AvgIpc) is 2.45. The Kier molecular flexibility index (Phi) is 5.54. The highest BCUT2D eigenvalue weighted by Crippen LogP contribution is 2.29. The minimum absolute atomic E-state index is 0.102. The van der Waals surface area contributed by atoms with Crippen molar-refractivity contribution in [3.05, 3.63) is 35.4 Å². The van der Waals surface area contributed by atoms with Gasteiger partial charge in [-0.05, 0) is 17.7 Å². The molecule has 0 spiro atoms. The van der Waals surface area contributed by atoms with Gasteiger partial charge in [-0.25, -0.2) is 4.79 Å². The number of carbonyl (C=O) groups excluding carboxylic acids is 1. The van der Waals surface area contributed by atoms with Crippen molar-refractivity contribution in [1.82, 2.24) is 5.32 Å². The SMILES string of the molecule is C#CC[C@H](NC(=O)[C@H](O)c1ccc(C(F)(F)F)cc1)C(=O)O. The molecule has 0 aliphatic rings. The van der Waals surface area contributed by atoms with Crippen LogP contribution >= 0.6 is 0 Å². The predicted octanol–water partition coefficient (Wildman–Crippen LogP) is 1.33. The molecule has 8 heteroatoms. The Bertz CT molecular complexity index is 590. The van der Waals surface area contributed by atoms with E-state index in [1.807, 2.05) is 5.32 Å². The van der Waals surface area contributed by atoms with Gasteiger partial charge in [0.25, 0.3) is 5.91 Å². The van der Waals surface area contributed by atoms with Crippen molar-refractivity contribution < 1.29 is 33.0 Å². The zero-order valence-corrected chi connectivity index (χ0v) is 11.1. The van der Waals surface area contributed by atoms with E-state index in [4.69, 9.17) is 11.5 Å². The third-order valence-electron chi connectivity index (χ3n) is 2.74. The van der Waals surface area contributed by atoms with Gasteiger partial charge in [0.15, 0.2) is 6.10 Å². The summed E-state index contributed by atoms with van der Waals surface area (Å²) in [6.07, 6.45) is -1.68. The van der Waals surface area contributed by atoms with Gasteiger partial charge in [-0.1, -0.05) is 12.1 Å². The number of carbonyl (C=O) groups is 2. The molecule has 1 rings (SSSR count). The van der Waals surface area contributed by atoms with Gasteiger partial charge < -0.3 is 15.5 Å². The first-order chi connectivity index (χ1) is 10.2. The second kappa shape index (κ2) is 6.95. The molecule has 0 aliphatic carbocycles. The smallest absolute Gasteiger partial charge is 0.416 e. The van der Waals surface area contributed by atoms with E-state index in [1.165, 1.54) is 0 Å². The van der Waals surface area contributed by atoms with Crippen LogP contribution in [0.4, 0.5) is 13.2 Å². The van der Waals surface area contributed by atoms with Crippen molar-refractivity contribution in [3.63, 3.8) is 0 Å². The molecule has 2 atom stereocenters. The minimum atomic E-state index is -4.53. The molecule has 0 aromatic heterocycles. The lowest BCUT2D eigenvalue weighted by Gasteiger charge is -2.16. The van der Waals surface area contributed by atoms with E-state index >= 15 is 0 Å². The predicted molar refractivity (Wildman–Crippen MR) is 69.4 cm³/mol. The largest absolute Gasteiger partial charge is 0.480 e. The highest BCUT2D eigenvalue weighted by molar-refractivity contribution is 5.87. The molecular weight excluding hydrogens is 303 g/mol. The van der Waals surface area contributed by atoms with Gasteiger partial charge in [-0.15, -0.1) is 12.3 Å². The first kappa shape index (κ1) is 17.5. The van der Waals surface area contributed by atoms with Crippen LogP contribution in [-0.4, -0.2) is 28.1 Å². The molecule has 0 fully saturated rings. The maximum Gasteiger partial charge on any atom is 0.416 e. The van der Waals surface area contributed by atoms with Crippen LogP contribution in [0.1, 0.15) is 23.7 Å². The molecule has 0 saturated heterocycles. The summed E-state index contributed by atoms with van der Waals surface area (Å²) in [5, 5.41) is 20.6. The molecular formula is C14H12F3NO4. The van der Waals surface area contributed by atoms with E-state index < -0.39 is 35.8 Å². The summed E-state index contributed by atoms with van der Waals surface area (Å²) in [4.78, 5) is 22.5. The summed E-state index contributed by atoms with van der Waals surface area (Å²) in [6, 6.07) is 1.90. The number of aliphatic carboxylic acids is 1. The number of hydrogen-bond donors (Lipinski definition) is 3. The van der Waals surface area contributed by atoms with Gasteiger partial charge in [0, 0.05) is 6.42 Å². The van der Waals surface area contributed by atoms with Crippen molar-refractivity contribution in [2.45, 2.75) is 24.7 Å². The summed E-state index contributed by atoms with van der Waals surface area (Å²) >= 11 is 0. The molecule has 3 N–H and O–H groups in total. The zero-order valence-electron chi connectivity index (χ0n) is 11.1. The van der Waals surface area contributed by atoms with Crippen molar-refractivity contribution in [1.29, 1.82) is 0 Å². The van der Waals surface area contributed by atoms with Crippen LogP contribution in [0.2, 0.25) is 0 Å². The fourth-order valence-electron chi connectivity index (χ4n) is 1.57. The van der Waals surface area contributed by atoms with Gasteiger partial charge in [-0.3, -0.25) is 4.79 Å². The number of carboxylic acid groups (broad SMARTS) is 1. The number of hydrogen-bond acceptors (Lipinski definition) is 3. The van der Waals surface area contributed by atoms with E-state index in [-0.39, 0.29) is 12.0 Å². The van der Waals surface area contributed by atoms with Crippen molar-refractivity contribution >= 4 is 11.9 Å². The zero-order chi connectivity index (χ0) is 16.9. The quantitative estimate of drug-likeness (QED) is 0.716. The number of amides is 1. The minimum Gasteiger partial charge on any atom is -0.480 e. The van der Waals surface area contributed by atoms with Crippen LogP contribution in [0.3, 0.4) is 0 Å². The maximum atomic E-state index is 12.4. The molecule has 0 radical (unpaired) electrons. The Balaban J connectivity index is 2.83. The molecule has 22 heavy (non-hydrogen) atoms. The average molecular weight is 315 g/mol. The van der Waals surface area contributed by atoms with Gasteiger partial charge >= 0.3 is 12.1 Å². The lowest BCUT2D eigenvalue weighted by molar-refractivity contribution is -0.143. The molecule has 0 saturated carbocycles. The number of aliphatic hydroxyl groups is 1. The first-order valence-electron chi connectivity index (χ1n) is 5.98. The number of nitrogens with one attached hydrogen (secondary N) is 1. The molecule has 0 heterocycles. The van der Waals surface area contributed by atoms with Crippen LogP contribution in [0.5, 0.6) is 0 Å². The maximum absolute atomic E-state index is 12.4. The summed E-state index contributed by atoms with van der Waals surface area (Å²) in [7, 11) is 0. The lowest BCUT2D eigenvalue weighted by Crippen LogP contribution is -2.42. The topological polar surface area (TPSA) is 86.6 Å². The monoisotopic (exact) mass is 315 g/mol. The molecule has 0 unspecified atom stereocenters. The van der Waals surface area contributed by atoms with Crippen LogP contribution in [0.25, 0.3) is 0 Å². The normalized spacial score (nSPS) is 13.8. The summed E-state index contributed by atoms with van der Waals surface area (Å²) in [6.45, 7) is 0. The Morgan fingerprint density at radius 3 is 2.23 bits per heavy atom. The van der Waals surface area contributed by atoms with Gasteiger partial charge in [0.2, 0.25) is 0 Å². The highest BCUT2D eigenvalue weighted by atomic mass is 19.4. The highest BCUT2D eigenvalue weighted by Gasteiger charge is 2.31. The van der Waals surface area contributed by atoms with E-state index in [2.05, 4.69) is 5.92 Å². The number of benzene rings is 1. The van der Waals surface area contributed by atoms with Crippen LogP contribution in [0, 0.1) is 12.3 Å². The molecule has 0 aliphatic heterocycles. The number of terminal acetylenes is 1. The van der Waals surface area contributed by atoms with Crippen LogP contribution in [-0.2, 0) is 15.8 Å². The molecule has 1 aromatic carbocycles. The van der Waals surface area contributed by atoms with Crippen molar-refractivity contribution in [3.8, 4) is 12.3 Å². The van der Waals surface area contributed by atoms with Gasteiger partial charge in [-0.2, -0.15) is 13.2 Å². The van der Waals surface area contributed by atoms with Gasteiger partial charge in [0.05, 0.1) is 5.56 Å². The number of alkyl halides is 3. The summed E-state index contributed by atoms with van der Waals surface area (Å²) in [5.41, 5.74) is -1.03. The second-order valence-electron chi connectivity index (χ2n) is 4.33. The fourth-order valence-corrected chi connectivity index (χ4v) is 1.57. The van der Waals surface area contributed by atoms with Crippen molar-refractivity contribution in [2.75, 3.05) is 0 Å².